The standard InChI is InChI=1S/C15H14FN5O2S/c1-9-4-5-11(10(16)7-9)18-13(22)8-24-15-20-19-14(21(15)17)12-3-2-6-23-12/h2-7H,8,17H2,1H3,(H,18,22). The van der Waals surface area contributed by atoms with Gasteiger partial charge in [0.05, 0.1) is 17.7 Å². The summed E-state index contributed by atoms with van der Waals surface area (Å²) in [5.41, 5.74) is 0.915. The minimum absolute atomic E-state index is 0.0147. The molecule has 3 aromatic rings. The zero-order valence-electron chi connectivity index (χ0n) is 12.7. The fourth-order valence-corrected chi connectivity index (χ4v) is 2.64. The van der Waals surface area contributed by atoms with Crippen LogP contribution in [0.3, 0.4) is 0 Å². The van der Waals surface area contributed by atoms with Crippen molar-refractivity contribution in [2.75, 3.05) is 16.9 Å². The third-order valence-electron chi connectivity index (χ3n) is 3.14. The molecule has 0 radical (unpaired) electrons. The van der Waals surface area contributed by atoms with Gasteiger partial charge < -0.3 is 15.6 Å². The van der Waals surface area contributed by atoms with E-state index in [1.165, 1.54) is 23.1 Å². The number of aryl methyl sites for hydroxylation is 1. The molecule has 24 heavy (non-hydrogen) atoms. The molecular weight excluding hydrogens is 333 g/mol. The largest absolute Gasteiger partial charge is 0.461 e. The smallest absolute Gasteiger partial charge is 0.234 e. The number of carbonyl (C=O) groups is 1. The average Bonchev–Trinajstić information content (AvgIpc) is 3.18. The molecule has 0 aliphatic heterocycles. The Morgan fingerprint density at radius 2 is 2.25 bits per heavy atom. The van der Waals surface area contributed by atoms with E-state index in [4.69, 9.17) is 10.3 Å². The van der Waals surface area contributed by atoms with Crippen LogP contribution in [0, 0.1) is 12.7 Å². The summed E-state index contributed by atoms with van der Waals surface area (Å²) in [7, 11) is 0. The number of furan rings is 1. The normalized spacial score (nSPS) is 10.8. The van der Waals surface area contributed by atoms with Crippen LogP contribution in [0.25, 0.3) is 11.6 Å². The maximum absolute atomic E-state index is 13.7. The summed E-state index contributed by atoms with van der Waals surface area (Å²) < 4.78 is 20.2. The van der Waals surface area contributed by atoms with Crippen LogP contribution in [0.4, 0.5) is 10.1 Å². The van der Waals surface area contributed by atoms with Crippen LogP contribution in [0.1, 0.15) is 5.56 Å². The third-order valence-corrected chi connectivity index (χ3v) is 4.08. The molecule has 9 heteroatoms. The highest BCUT2D eigenvalue weighted by Crippen LogP contribution is 2.22. The van der Waals surface area contributed by atoms with E-state index in [0.29, 0.717) is 16.7 Å². The number of carbonyl (C=O) groups excluding carboxylic acids is 1. The summed E-state index contributed by atoms with van der Waals surface area (Å²) in [6, 6.07) is 8.01. The van der Waals surface area contributed by atoms with Crippen molar-refractivity contribution in [2.45, 2.75) is 12.1 Å². The molecule has 2 heterocycles. The van der Waals surface area contributed by atoms with Gasteiger partial charge in [0, 0.05) is 0 Å². The van der Waals surface area contributed by atoms with Gasteiger partial charge in [-0.3, -0.25) is 4.79 Å². The first kappa shape index (κ1) is 16.1. The first-order valence-corrected chi connectivity index (χ1v) is 7.96. The molecule has 0 fully saturated rings. The van der Waals surface area contributed by atoms with E-state index < -0.39 is 5.82 Å². The zero-order valence-corrected chi connectivity index (χ0v) is 13.5. The van der Waals surface area contributed by atoms with Gasteiger partial charge >= 0.3 is 0 Å². The number of thioether (sulfide) groups is 1. The number of nitrogen functional groups attached to an aromatic ring is 1. The highest BCUT2D eigenvalue weighted by molar-refractivity contribution is 7.99. The predicted octanol–water partition coefficient (Wildman–Crippen LogP) is 2.43. The van der Waals surface area contributed by atoms with Gasteiger partial charge in [-0.25, -0.2) is 9.07 Å². The fraction of sp³-hybridized carbons (Fsp3) is 0.133. The van der Waals surface area contributed by atoms with Crippen LogP contribution < -0.4 is 11.2 Å². The zero-order chi connectivity index (χ0) is 17.1. The number of hydrogen-bond acceptors (Lipinski definition) is 6. The van der Waals surface area contributed by atoms with Crippen LogP contribution in [-0.4, -0.2) is 26.5 Å². The van der Waals surface area contributed by atoms with Crippen LogP contribution in [0.5, 0.6) is 0 Å². The van der Waals surface area contributed by atoms with Gasteiger partial charge in [0.25, 0.3) is 0 Å². The SMILES string of the molecule is Cc1ccc(NC(=O)CSc2nnc(-c3ccco3)n2N)c(F)c1. The fourth-order valence-electron chi connectivity index (χ4n) is 1.99. The second kappa shape index (κ2) is 6.75. The molecule has 0 spiro atoms. The Bertz CT molecular complexity index is 863. The topological polar surface area (TPSA) is 99.0 Å². The number of benzene rings is 1. The van der Waals surface area contributed by atoms with E-state index in [0.717, 1.165) is 17.3 Å². The van der Waals surface area contributed by atoms with Crippen molar-refractivity contribution >= 4 is 23.4 Å². The molecule has 0 aliphatic rings. The number of nitrogens with two attached hydrogens (primary N) is 1. The molecule has 1 amide bonds. The molecule has 0 bridgehead atoms. The van der Waals surface area contributed by atoms with E-state index in [1.807, 2.05) is 0 Å². The Morgan fingerprint density at radius 1 is 1.42 bits per heavy atom. The van der Waals surface area contributed by atoms with Crippen molar-refractivity contribution in [3.05, 3.63) is 48.0 Å². The number of hydrogen-bond donors (Lipinski definition) is 2. The number of rotatable bonds is 5. The molecule has 7 nitrogen and oxygen atoms in total. The highest BCUT2D eigenvalue weighted by Gasteiger charge is 2.16. The predicted molar refractivity (Wildman–Crippen MR) is 88.4 cm³/mol. The quantitative estimate of drug-likeness (QED) is 0.543. The Hall–Kier alpha value is -2.81. The second-order valence-corrected chi connectivity index (χ2v) is 5.92. The van der Waals surface area contributed by atoms with Crippen molar-refractivity contribution < 1.29 is 13.6 Å². The van der Waals surface area contributed by atoms with Crippen molar-refractivity contribution in [3.8, 4) is 11.6 Å². The minimum Gasteiger partial charge on any atom is -0.461 e. The van der Waals surface area contributed by atoms with Crippen molar-refractivity contribution in [3.63, 3.8) is 0 Å². The first-order chi connectivity index (χ1) is 11.5. The van der Waals surface area contributed by atoms with Gasteiger partial charge in [-0.05, 0) is 36.8 Å². The second-order valence-electron chi connectivity index (χ2n) is 4.97. The van der Waals surface area contributed by atoms with Crippen LogP contribution in [-0.2, 0) is 4.79 Å². The number of halogens is 1. The Morgan fingerprint density at radius 3 is 2.96 bits per heavy atom. The molecule has 3 N–H and O–H groups in total. The van der Waals surface area contributed by atoms with E-state index in [9.17, 15) is 9.18 Å². The van der Waals surface area contributed by atoms with E-state index in [2.05, 4.69) is 15.5 Å². The average molecular weight is 347 g/mol. The van der Waals surface area contributed by atoms with Crippen LogP contribution >= 0.6 is 11.8 Å². The number of anilines is 1. The summed E-state index contributed by atoms with van der Waals surface area (Å²) >= 11 is 1.09. The van der Waals surface area contributed by atoms with Crippen molar-refractivity contribution in [1.82, 2.24) is 14.9 Å². The van der Waals surface area contributed by atoms with Crippen molar-refractivity contribution in [2.24, 2.45) is 0 Å². The monoisotopic (exact) mass is 347 g/mol. The molecule has 2 aromatic heterocycles. The van der Waals surface area contributed by atoms with Crippen molar-refractivity contribution in [1.29, 1.82) is 0 Å². The van der Waals surface area contributed by atoms with Crippen LogP contribution in [0.2, 0.25) is 0 Å². The number of nitrogens with zero attached hydrogens (tertiary/aromatic N) is 3. The summed E-state index contributed by atoms with van der Waals surface area (Å²) in [6.45, 7) is 1.77. The van der Waals surface area contributed by atoms with E-state index in [-0.39, 0.29) is 17.3 Å². The molecule has 0 saturated carbocycles. The molecule has 0 atom stereocenters. The number of amides is 1. The molecule has 124 valence electrons. The summed E-state index contributed by atoms with van der Waals surface area (Å²) in [4.78, 5) is 12.0. The summed E-state index contributed by atoms with van der Waals surface area (Å²) in [5, 5.41) is 10.7. The summed E-state index contributed by atoms with van der Waals surface area (Å²) in [5.74, 6) is 5.89. The Kier molecular flexibility index (Phi) is 4.52. The van der Waals surface area contributed by atoms with E-state index >= 15 is 0 Å². The third kappa shape index (κ3) is 3.40. The molecule has 0 aliphatic carbocycles. The lowest BCUT2D eigenvalue weighted by Gasteiger charge is -2.06. The highest BCUT2D eigenvalue weighted by atomic mass is 32.2. The van der Waals surface area contributed by atoms with Crippen LogP contribution in [0.15, 0.2) is 46.2 Å². The van der Waals surface area contributed by atoms with Gasteiger partial charge in [-0.15, -0.1) is 10.2 Å². The molecule has 0 unspecified atom stereocenters. The van der Waals surface area contributed by atoms with Gasteiger partial charge in [0.15, 0.2) is 5.76 Å². The van der Waals surface area contributed by atoms with Gasteiger partial charge in [-0.1, -0.05) is 17.8 Å². The number of nitrogens with one attached hydrogen (secondary N) is 1. The lowest BCUT2D eigenvalue weighted by molar-refractivity contribution is -0.113. The van der Waals surface area contributed by atoms with E-state index in [1.54, 1.807) is 25.1 Å². The maximum Gasteiger partial charge on any atom is 0.234 e. The summed E-state index contributed by atoms with van der Waals surface area (Å²) in [6.07, 6.45) is 1.50. The minimum atomic E-state index is -0.476. The van der Waals surface area contributed by atoms with Gasteiger partial charge in [0.1, 0.15) is 5.82 Å². The molecule has 3 rings (SSSR count). The maximum atomic E-state index is 13.7. The lowest BCUT2D eigenvalue weighted by atomic mass is 10.2. The molecular formula is C15H14FN5O2S. The molecule has 0 saturated heterocycles. The first-order valence-electron chi connectivity index (χ1n) is 6.98. The lowest BCUT2D eigenvalue weighted by Crippen LogP contribution is -2.17. The van der Waals surface area contributed by atoms with Gasteiger partial charge in [0.2, 0.25) is 16.9 Å². The number of aromatic nitrogens is 3. The Labute approximate surface area is 141 Å². The molecule has 1 aromatic carbocycles. The Balaban J connectivity index is 1.62. The van der Waals surface area contributed by atoms with Gasteiger partial charge in [-0.2, -0.15) is 0 Å².